The molecule has 5 rings (SSSR count). The molecule has 3 heteroatoms. The molecule has 114 valence electrons. The summed E-state index contributed by atoms with van der Waals surface area (Å²) in [5.74, 6) is 0.661. The van der Waals surface area contributed by atoms with Crippen LogP contribution in [-0.4, -0.2) is 4.98 Å². The zero-order chi connectivity index (χ0) is 16.1. The molecule has 0 saturated heterocycles. The Labute approximate surface area is 146 Å². The molecule has 0 aliphatic rings. The van der Waals surface area contributed by atoms with E-state index in [0.29, 0.717) is 5.89 Å². The van der Waals surface area contributed by atoms with Crippen molar-refractivity contribution in [3.05, 3.63) is 77.3 Å². The van der Waals surface area contributed by atoms with Gasteiger partial charge in [-0.1, -0.05) is 52.3 Å². The molecule has 0 fully saturated rings. The molecule has 0 bridgehead atoms. The largest absolute Gasteiger partial charge is 0.435 e. The molecule has 0 N–H and O–H groups in total. The first kappa shape index (κ1) is 13.8. The van der Waals surface area contributed by atoms with E-state index in [1.807, 2.05) is 36.4 Å². The van der Waals surface area contributed by atoms with Crippen LogP contribution < -0.4 is 0 Å². The molecule has 0 aliphatic heterocycles. The number of hydrogen-bond acceptors (Lipinski definition) is 2. The van der Waals surface area contributed by atoms with E-state index in [4.69, 9.17) is 4.42 Å². The Morgan fingerprint density at radius 2 is 1.54 bits per heavy atom. The number of nitrogens with zero attached hydrogens (tertiary/aromatic N) is 1. The summed E-state index contributed by atoms with van der Waals surface area (Å²) in [6.07, 6.45) is 0. The Balaban J connectivity index is 1.84. The molecular formula is C21H12BrNO. The van der Waals surface area contributed by atoms with Gasteiger partial charge >= 0.3 is 0 Å². The molecule has 0 atom stereocenters. The highest BCUT2D eigenvalue weighted by Crippen LogP contribution is 2.34. The number of fused-ring (bicyclic) bond motifs is 5. The Morgan fingerprint density at radius 1 is 0.750 bits per heavy atom. The third kappa shape index (κ3) is 2.05. The van der Waals surface area contributed by atoms with Gasteiger partial charge in [0.1, 0.15) is 5.52 Å². The van der Waals surface area contributed by atoms with Gasteiger partial charge in [0.05, 0.1) is 0 Å². The van der Waals surface area contributed by atoms with E-state index in [0.717, 1.165) is 26.5 Å². The lowest BCUT2D eigenvalue weighted by molar-refractivity contribution is 0.623. The standard InChI is InChI=1S/C21H12BrNO/c22-15-7-9-16-14(12-15)6-8-18-17(16)10-11-19-20(18)24-21(23-19)13-4-2-1-3-5-13/h1-12H. The maximum absolute atomic E-state index is 6.12. The molecule has 2 nitrogen and oxygen atoms in total. The molecule has 0 saturated carbocycles. The monoisotopic (exact) mass is 373 g/mol. The Morgan fingerprint density at radius 3 is 2.42 bits per heavy atom. The summed E-state index contributed by atoms with van der Waals surface area (Å²) >= 11 is 3.54. The Bertz CT molecular complexity index is 1210. The van der Waals surface area contributed by atoms with Gasteiger partial charge in [0.15, 0.2) is 5.58 Å². The van der Waals surface area contributed by atoms with Crippen LogP contribution in [0.25, 0.3) is 44.1 Å². The average Bonchev–Trinajstić information content (AvgIpc) is 3.06. The van der Waals surface area contributed by atoms with Crippen molar-refractivity contribution in [3.8, 4) is 11.5 Å². The van der Waals surface area contributed by atoms with Crippen LogP contribution in [0.2, 0.25) is 0 Å². The lowest BCUT2D eigenvalue weighted by Crippen LogP contribution is -1.79. The van der Waals surface area contributed by atoms with Crippen LogP contribution in [0.5, 0.6) is 0 Å². The zero-order valence-corrected chi connectivity index (χ0v) is 14.2. The van der Waals surface area contributed by atoms with Crippen LogP contribution in [-0.2, 0) is 0 Å². The van der Waals surface area contributed by atoms with Crippen molar-refractivity contribution < 1.29 is 4.42 Å². The van der Waals surface area contributed by atoms with E-state index in [1.165, 1.54) is 16.2 Å². The van der Waals surface area contributed by atoms with Gasteiger partial charge in [0.2, 0.25) is 5.89 Å². The van der Waals surface area contributed by atoms with Crippen LogP contribution >= 0.6 is 15.9 Å². The molecule has 1 heterocycles. The summed E-state index contributed by atoms with van der Waals surface area (Å²) < 4.78 is 7.20. The minimum atomic E-state index is 0.661. The second kappa shape index (κ2) is 5.18. The van der Waals surface area contributed by atoms with Crippen molar-refractivity contribution in [1.82, 2.24) is 4.98 Å². The number of halogens is 1. The van der Waals surface area contributed by atoms with Gasteiger partial charge in [-0.05, 0) is 52.6 Å². The smallest absolute Gasteiger partial charge is 0.227 e. The van der Waals surface area contributed by atoms with Gasteiger partial charge in [-0.15, -0.1) is 0 Å². The minimum Gasteiger partial charge on any atom is -0.435 e. The van der Waals surface area contributed by atoms with Crippen molar-refractivity contribution >= 4 is 48.6 Å². The summed E-state index contributed by atoms with van der Waals surface area (Å²) in [5, 5.41) is 4.70. The van der Waals surface area contributed by atoms with Gasteiger partial charge in [-0.3, -0.25) is 0 Å². The number of rotatable bonds is 1. The number of hydrogen-bond donors (Lipinski definition) is 0. The highest BCUT2D eigenvalue weighted by Gasteiger charge is 2.12. The maximum Gasteiger partial charge on any atom is 0.227 e. The van der Waals surface area contributed by atoms with Crippen molar-refractivity contribution in [1.29, 1.82) is 0 Å². The van der Waals surface area contributed by atoms with Gasteiger partial charge in [-0.2, -0.15) is 0 Å². The number of benzene rings is 4. The summed E-state index contributed by atoms with van der Waals surface area (Å²) in [6, 6.07) is 24.8. The normalized spacial score (nSPS) is 11.5. The molecular weight excluding hydrogens is 362 g/mol. The van der Waals surface area contributed by atoms with E-state index >= 15 is 0 Å². The van der Waals surface area contributed by atoms with E-state index in [1.54, 1.807) is 0 Å². The average molecular weight is 374 g/mol. The van der Waals surface area contributed by atoms with Crippen molar-refractivity contribution in [2.75, 3.05) is 0 Å². The molecule has 24 heavy (non-hydrogen) atoms. The van der Waals surface area contributed by atoms with Crippen molar-refractivity contribution in [3.63, 3.8) is 0 Å². The first-order valence-corrected chi connectivity index (χ1v) is 8.56. The summed E-state index contributed by atoms with van der Waals surface area (Å²) in [4.78, 5) is 4.65. The second-order valence-corrected chi connectivity index (χ2v) is 6.74. The van der Waals surface area contributed by atoms with Gasteiger partial charge < -0.3 is 4.42 Å². The fourth-order valence-electron chi connectivity index (χ4n) is 3.21. The molecule has 5 aromatic rings. The predicted octanol–water partition coefficient (Wildman–Crippen LogP) is 6.56. The second-order valence-electron chi connectivity index (χ2n) is 5.82. The molecule has 0 radical (unpaired) electrons. The fraction of sp³-hybridized carbons (Fsp3) is 0. The van der Waals surface area contributed by atoms with Gasteiger partial charge in [-0.25, -0.2) is 4.98 Å². The Kier molecular flexibility index (Phi) is 2.97. The molecule has 0 spiro atoms. The molecule has 0 aliphatic carbocycles. The van der Waals surface area contributed by atoms with Crippen LogP contribution in [0.4, 0.5) is 0 Å². The SMILES string of the molecule is Brc1ccc2c(ccc3c2ccc2nc(-c4ccccc4)oc23)c1. The third-order valence-electron chi connectivity index (χ3n) is 4.35. The topological polar surface area (TPSA) is 26.0 Å². The molecule has 0 unspecified atom stereocenters. The van der Waals surface area contributed by atoms with E-state index in [2.05, 4.69) is 57.3 Å². The van der Waals surface area contributed by atoms with Crippen molar-refractivity contribution in [2.45, 2.75) is 0 Å². The van der Waals surface area contributed by atoms with Crippen molar-refractivity contribution in [2.24, 2.45) is 0 Å². The predicted molar refractivity (Wildman–Crippen MR) is 102 cm³/mol. The highest BCUT2D eigenvalue weighted by molar-refractivity contribution is 9.10. The zero-order valence-electron chi connectivity index (χ0n) is 12.7. The van der Waals surface area contributed by atoms with Crippen LogP contribution in [0.3, 0.4) is 0 Å². The summed E-state index contributed by atoms with van der Waals surface area (Å²) in [5.41, 5.74) is 2.72. The summed E-state index contributed by atoms with van der Waals surface area (Å²) in [6.45, 7) is 0. The Hall–Kier alpha value is -2.65. The lowest BCUT2D eigenvalue weighted by atomic mass is 10.0. The number of oxazole rings is 1. The maximum atomic E-state index is 6.12. The quantitative estimate of drug-likeness (QED) is 0.311. The first-order valence-electron chi connectivity index (χ1n) is 7.76. The van der Waals surface area contributed by atoms with E-state index < -0.39 is 0 Å². The molecule has 1 aromatic heterocycles. The minimum absolute atomic E-state index is 0.661. The molecule has 4 aromatic carbocycles. The van der Waals surface area contributed by atoms with Crippen LogP contribution in [0.1, 0.15) is 0 Å². The highest BCUT2D eigenvalue weighted by atomic mass is 79.9. The van der Waals surface area contributed by atoms with E-state index in [-0.39, 0.29) is 0 Å². The van der Waals surface area contributed by atoms with Gasteiger partial charge in [0, 0.05) is 15.4 Å². The van der Waals surface area contributed by atoms with Crippen LogP contribution in [0.15, 0.2) is 81.7 Å². The van der Waals surface area contributed by atoms with Crippen LogP contribution in [0, 0.1) is 0 Å². The van der Waals surface area contributed by atoms with Gasteiger partial charge in [0.25, 0.3) is 0 Å². The first-order chi connectivity index (χ1) is 11.8. The lowest BCUT2D eigenvalue weighted by Gasteiger charge is -2.04. The molecule has 0 amide bonds. The summed E-state index contributed by atoms with van der Waals surface area (Å²) in [7, 11) is 0. The third-order valence-corrected chi connectivity index (χ3v) is 4.84. The fourth-order valence-corrected chi connectivity index (χ4v) is 3.59. The number of aromatic nitrogens is 1. The van der Waals surface area contributed by atoms with E-state index in [9.17, 15) is 0 Å².